The third-order valence-electron chi connectivity index (χ3n) is 4.08. The summed E-state index contributed by atoms with van der Waals surface area (Å²) in [6, 6.07) is 6.51. The number of carbonyl (C=O) groups is 1. The molecule has 20 heavy (non-hydrogen) atoms. The van der Waals surface area contributed by atoms with Gasteiger partial charge < -0.3 is 4.90 Å². The van der Waals surface area contributed by atoms with E-state index in [4.69, 9.17) is 0 Å². The van der Waals surface area contributed by atoms with Gasteiger partial charge in [-0.15, -0.1) is 0 Å². The highest BCUT2D eigenvalue weighted by Crippen LogP contribution is 2.28. The number of aryl methyl sites for hydroxylation is 3. The molecule has 0 N–H and O–H groups in total. The second-order valence-electron chi connectivity index (χ2n) is 5.79. The summed E-state index contributed by atoms with van der Waals surface area (Å²) in [5.41, 5.74) is 4.46. The van der Waals surface area contributed by atoms with Gasteiger partial charge in [0.05, 0.1) is 12.0 Å². The zero-order valence-electron chi connectivity index (χ0n) is 12.6. The van der Waals surface area contributed by atoms with Crippen molar-refractivity contribution in [1.29, 1.82) is 5.26 Å². The van der Waals surface area contributed by atoms with Crippen LogP contribution in [0, 0.1) is 32.1 Å². The standard InChI is InChI=1S/C17H22N2O/c1-12-8-13(2)17(14(3)9-12)15(11-18)10-16(20)19-6-4-5-7-19/h8-9,15H,4-7,10H2,1-3H3. The van der Waals surface area contributed by atoms with Gasteiger partial charge in [-0.2, -0.15) is 5.26 Å². The van der Waals surface area contributed by atoms with E-state index in [1.165, 1.54) is 5.56 Å². The zero-order valence-corrected chi connectivity index (χ0v) is 12.6. The maximum Gasteiger partial charge on any atom is 0.224 e. The van der Waals surface area contributed by atoms with E-state index in [-0.39, 0.29) is 11.8 Å². The Morgan fingerprint density at radius 3 is 2.30 bits per heavy atom. The lowest BCUT2D eigenvalue weighted by Gasteiger charge is -2.20. The van der Waals surface area contributed by atoms with Gasteiger partial charge in [0.2, 0.25) is 5.91 Å². The van der Waals surface area contributed by atoms with Crippen molar-refractivity contribution in [3.8, 4) is 6.07 Å². The third-order valence-corrected chi connectivity index (χ3v) is 4.08. The first-order valence-electron chi connectivity index (χ1n) is 7.28. The van der Waals surface area contributed by atoms with Crippen LogP contribution >= 0.6 is 0 Å². The second kappa shape index (κ2) is 6.09. The van der Waals surface area contributed by atoms with Crippen LogP contribution in [-0.2, 0) is 4.79 Å². The molecule has 1 heterocycles. The molecule has 1 aromatic carbocycles. The van der Waals surface area contributed by atoms with Gasteiger partial charge in [-0.1, -0.05) is 17.7 Å². The first-order chi connectivity index (χ1) is 9.52. The molecule has 1 aromatic rings. The molecule has 1 fully saturated rings. The molecule has 0 aromatic heterocycles. The van der Waals surface area contributed by atoms with Crippen molar-refractivity contribution in [3.05, 3.63) is 34.4 Å². The lowest BCUT2D eigenvalue weighted by Crippen LogP contribution is -2.29. The van der Waals surface area contributed by atoms with Gasteiger partial charge in [-0.3, -0.25) is 4.79 Å². The summed E-state index contributed by atoms with van der Waals surface area (Å²) in [6.07, 6.45) is 2.48. The Hall–Kier alpha value is -1.82. The van der Waals surface area contributed by atoms with Crippen molar-refractivity contribution in [1.82, 2.24) is 4.90 Å². The van der Waals surface area contributed by atoms with E-state index in [9.17, 15) is 10.1 Å². The van der Waals surface area contributed by atoms with Crippen molar-refractivity contribution in [3.63, 3.8) is 0 Å². The molecule has 1 unspecified atom stereocenters. The SMILES string of the molecule is Cc1cc(C)c(C(C#N)CC(=O)N2CCCC2)c(C)c1. The van der Waals surface area contributed by atoms with Gasteiger partial charge in [0, 0.05) is 19.5 Å². The van der Waals surface area contributed by atoms with E-state index in [0.29, 0.717) is 6.42 Å². The molecule has 1 amide bonds. The van der Waals surface area contributed by atoms with Gasteiger partial charge in [-0.25, -0.2) is 0 Å². The van der Waals surface area contributed by atoms with Crippen molar-refractivity contribution in [2.45, 2.75) is 46.0 Å². The largest absolute Gasteiger partial charge is 0.343 e. The van der Waals surface area contributed by atoms with Crippen LogP contribution in [0.3, 0.4) is 0 Å². The summed E-state index contributed by atoms with van der Waals surface area (Å²) >= 11 is 0. The van der Waals surface area contributed by atoms with Gasteiger partial charge in [0.1, 0.15) is 0 Å². The summed E-state index contributed by atoms with van der Waals surface area (Å²) in [6.45, 7) is 7.81. The zero-order chi connectivity index (χ0) is 14.7. The minimum Gasteiger partial charge on any atom is -0.343 e. The number of likely N-dealkylation sites (tertiary alicyclic amines) is 1. The minimum absolute atomic E-state index is 0.119. The van der Waals surface area contributed by atoms with Crippen molar-refractivity contribution < 1.29 is 4.79 Å². The molecular weight excluding hydrogens is 248 g/mol. The summed E-state index contributed by atoms with van der Waals surface area (Å²) in [5, 5.41) is 9.47. The summed E-state index contributed by atoms with van der Waals surface area (Å²) in [4.78, 5) is 14.1. The van der Waals surface area contributed by atoms with Crippen LogP contribution in [0.5, 0.6) is 0 Å². The van der Waals surface area contributed by atoms with E-state index in [2.05, 4.69) is 25.1 Å². The van der Waals surface area contributed by atoms with Gasteiger partial charge in [0.15, 0.2) is 0 Å². The monoisotopic (exact) mass is 270 g/mol. The molecule has 0 spiro atoms. The smallest absolute Gasteiger partial charge is 0.224 e. The first kappa shape index (κ1) is 14.6. The number of nitriles is 1. The number of rotatable bonds is 3. The highest BCUT2D eigenvalue weighted by molar-refractivity contribution is 5.78. The number of nitrogens with zero attached hydrogens (tertiary/aromatic N) is 2. The Labute approximate surface area is 121 Å². The molecule has 1 aliphatic heterocycles. The highest BCUT2D eigenvalue weighted by Gasteiger charge is 2.24. The molecule has 0 saturated carbocycles. The maximum absolute atomic E-state index is 12.3. The lowest BCUT2D eigenvalue weighted by molar-refractivity contribution is -0.130. The molecule has 3 nitrogen and oxygen atoms in total. The van der Waals surface area contributed by atoms with E-state index < -0.39 is 0 Å². The molecule has 0 bridgehead atoms. The van der Waals surface area contributed by atoms with Crippen LogP contribution in [0.1, 0.15) is 47.4 Å². The molecule has 1 aliphatic rings. The first-order valence-corrected chi connectivity index (χ1v) is 7.28. The molecular formula is C17H22N2O. The quantitative estimate of drug-likeness (QED) is 0.846. The summed E-state index contributed by atoms with van der Waals surface area (Å²) in [7, 11) is 0. The second-order valence-corrected chi connectivity index (χ2v) is 5.79. The summed E-state index contributed by atoms with van der Waals surface area (Å²) in [5.74, 6) is -0.211. The predicted molar refractivity (Wildman–Crippen MR) is 79.4 cm³/mol. The van der Waals surface area contributed by atoms with Gasteiger partial charge in [-0.05, 0) is 50.3 Å². The van der Waals surface area contributed by atoms with E-state index in [1.807, 2.05) is 18.7 Å². The molecule has 1 saturated heterocycles. The molecule has 106 valence electrons. The van der Waals surface area contributed by atoms with E-state index in [0.717, 1.165) is 42.6 Å². The predicted octanol–water partition coefficient (Wildman–Crippen LogP) is 3.23. The van der Waals surface area contributed by atoms with Crippen LogP contribution in [0.2, 0.25) is 0 Å². The highest BCUT2D eigenvalue weighted by atomic mass is 16.2. The average molecular weight is 270 g/mol. The molecule has 1 atom stereocenters. The molecule has 0 radical (unpaired) electrons. The normalized spacial score (nSPS) is 16.0. The molecule has 3 heteroatoms. The average Bonchev–Trinajstić information content (AvgIpc) is 2.90. The molecule has 0 aliphatic carbocycles. The van der Waals surface area contributed by atoms with E-state index >= 15 is 0 Å². The van der Waals surface area contributed by atoms with Crippen molar-refractivity contribution in [2.75, 3.05) is 13.1 Å². The Morgan fingerprint density at radius 1 is 1.25 bits per heavy atom. The van der Waals surface area contributed by atoms with Gasteiger partial charge in [0.25, 0.3) is 0 Å². The lowest BCUT2D eigenvalue weighted by atomic mass is 9.88. The van der Waals surface area contributed by atoms with Gasteiger partial charge >= 0.3 is 0 Å². The fourth-order valence-corrected chi connectivity index (χ4v) is 3.22. The van der Waals surface area contributed by atoms with Crippen LogP contribution in [0.4, 0.5) is 0 Å². The molecule has 2 rings (SSSR count). The van der Waals surface area contributed by atoms with Crippen LogP contribution in [0.15, 0.2) is 12.1 Å². The fraction of sp³-hybridized carbons (Fsp3) is 0.529. The Balaban J connectivity index is 2.20. The van der Waals surface area contributed by atoms with Crippen LogP contribution in [0.25, 0.3) is 0 Å². The van der Waals surface area contributed by atoms with Crippen LogP contribution in [-0.4, -0.2) is 23.9 Å². The number of hydrogen-bond acceptors (Lipinski definition) is 2. The number of amides is 1. The number of hydrogen-bond donors (Lipinski definition) is 0. The number of benzene rings is 1. The third kappa shape index (κ3) is 3.01. The Kier molecular flexibility index (Phi) is 4.44. The Morgan fingerprint density at radius 2 is 1.80 bits per heavy atom. The number of carbonyl (C=O) groups excluding carboxylic acids is 1. The Bertz CT molecular complexity index is 528. The van der Waals surface area contributed by atoms with Crippen molar-refractivity contribution in [2.24, 2.45) is 0 Å². The topological polar surface area (TPSA) is 44.1 Å². The van der Waals surface area contributed by atoms with Crippen molar-refractivity contribution >= 4 is 5.91 Å². The summed E-state index contributed by atoms with van der Waals surface area (Å²) < 4.78 is 0. The van der Waals surface area contributed by atoms with E-state index in [1.54, 1.807) is 0 Å². The maximum atomic E-state index is 12.3. The minimum atomic E-state index is -0.330. The fourth-order valence-electron chi connectivity index (χ4n) is 3.22. The van der Waals surface area contributed by atoms with Crippen LogP contribution < -0.4 is 0 Å².